The van der Waals surface area contributed by atoms with Crippen LogP contribution in [0.1, 0.15) is 10.4 Å². The summed E-state index contributed by atoms with van der Waals surface area (Å²) in [6.07, 6.45) is 0.672. The molecule has 0 heterocycles. The lowest BCUT2D eigenvalue weighted by atomic mass is 10.1. The van der Waals surface area contributed by atoms with Crippen LogP contribution in [0.15, 0.2) is 36.4 Å². The molecule has 0 aliphatic rings. The number of hydrogen-bond donors (Lipinski definition) is 2. The number of hydrogen-bond acceptors (Lipinski definition) is 2. The molecule has 0 saturated carbocycles. The van der Waals surface area contributed by atoms with E-state index < -0.39 is 7.60 Å². The number of benzene rings is 2. The van der Waals surface area contributed by atoms with Crippen molar-refractivity contribution in [1.82, 2.24) is 0 Å². The predicted molar refractivity (Wildman–Crippen MR) is 61.0 cm³/mol. The summed E-state index contributed by atoms with van der Waals surface area (Å²) in [7, 11) is -4.31. The minimum atomic E-state index is -4.31. The second kappa shape index (κ2) is 3.83. The Bertz CT molecular complexity index is 600. The maximum atomic E-state index is 11.3. The Balaban J connectivity index is 2.90. The summed E-state index contributed by atoms with van der Waals surface area (Å²) in [6, 6.07) is 9.38. The van der Waals surface area contributed by atoms with Crippen LogP contribution < -0.4 is 5.30 Å². The third-order valence-electron chi connectivity index (χ3n) is 2.38. The topological polar surface area (TPSA) is 74.6 Å². The van der Waals surface area contributed by atoms with Crippen molar-refractivity contribution in [2.75, 3.05) is 0 Å². The van der Waals surface area contributed by atoms with Crippen molar-refractivity contribution in [3.8, 4) is 0 Å². The van der Waals surface area contributed by atoms with Gasteiger partial charge in [0.1, 0.15) is 0 Å². The molecule has 0 aliphatic heterocycles. The minimum Gasteiger partial charge on any atom is -0.321 e. The van der Waals surface area contributed by atoms with Gasteiger partial charge in [0.2, 0.25) is 0 Å². The Hall–Kier alpha value is -1.48. The Morgan fingerprint density at radius 2 is 1.62 bits per heavy atom. The van der Waals surface area contributed by atoms with E-state index in [1.165, 1.54) is 12.1 Å². The van der Waals surface area contributed by atoms with E-state index in [4.69, 9.17) is 0 Å². The number of carbonyl (C=O) groups excluding carboxylic acids is 1. The molecule has 2 aromatic carbocycles. The van der Waals surface area contributed by atoms with Crippen molar-refractivity contribution in [1.29, 1.82) is 0 Å². The first kappa shape index (κ1) is 11.0. The Labute approximate surface area is 91.7 Å². The molecule has 4 nitrogen and oxygen atoms in total. The number of fused-ring (bicyclic) bond motifs is 1. The zero-order chi connectivity index (χ0) is 11.8. The quantitative estimate of drug-likeness (QED) is 0.611. The van der Waals surface area contributed by atoms with E-state index in [2.05, 4.69) is 0 Å². The lowest BCUT2D eigenvalue weighted by molar-refractivity contribution is 0.112. The fraction of sp³-hybridized carbons (Fsp3) is 0. The summed E-state index contributed by atoms with van der Waals surface area (Å²) in [5, 5.41) is 0.924. The largest absolute Gasteiger partial charge is 0.356 e. The maximum Gasteiger partial charge on any atom is 0.356 e. The summed E-state index contributed by atoms with van der Waals surface area (Å²) in [5.41, 5.74) is 0.424. The van der Waals surface area contributed by atoms with Crippen molar-refractivity contribution in [2.24, 2.45) is 0 Å². The second-order valence-corrected chi connectivity index (χ2v) is 4.95. The first-order valence-electron chi connectivity index (χ1n) is 4.57. The van der Waals surface area contributed by atoms with Crippen molar-refractivity contribution in [2.45, 2.75) is 0 Å². The highest BCUT2D eigenvalue weighted by Crippen LogP contribution is 2.36. The van der Waals surface area contributed by atoms with Crippen LogP contribution in [0.25, 0.3) is 10.8 Å². The fourth-order valence-corrected chi connectivity index (χ4v) is 2.44. The summed E-state index contributed by atoms with van der Waals surface area (Å²) in [4.78, 5) is 29.1. The van der Waals surface area contributed by atoms with Crippen LogP contribution in [0.5, 0.6) is 0 Å². The summed E-state index contributed by atoms with van der Waals surface area (Å²) >= 11 is 0. The van der Waals surface area contributed by atoms with Gasteiger partial charge in [0.25, 0.3) is 0 Å². The van der Waals surface area contributed by atoms with Gasteiger partial charge in [-0.25, -0.2) is 0 Å². The van der Waals surface area contributed by atoms with Crippen molar-refractivity contribution in [3.63, 3.8) is 0 Å². The van der Waals surface area contributed by atoms with Crippen LogP contribution >= 0.6 is 7.60 Å². The highest BCUT2D eigenvalue weighted by molar-refractivity contribution is 7.60. The van der Waals surface area contributed by atoms with Gasteiger partial charge in [-0.2, -0.15) is 0 Å². The Kier molecular flexibility index (Phi) is 2.64. The Morgan fingerprint density at radius 3 is 2.19 bits per heavy atom. The molecule has 16 heavy (non-hydrogen) atoms. The van der Waals surface area contributed by atoms with Crippen LogP contribution in [0.4, 0.5) is 0 Å². The number of carbonyl (C=O) groups is 1. The van der Waals surface area contributed by atoms with Crippen LogP contribution in [0.3, 0.4) is 0 Å². The standard InChI is InChI=1S/C11H9O4P/c12-7-8-5-6-11(16(13,14)15)10-4-2-1-3-9(8)10/h1-7H,(H2,13,14,15). The van der Waals surface area contributed by atoms with Gasteiger partial charge in [0, 0.05) is 5.56 Å². The van der Waals surface area contributed by atoms with E-state index in [0.717, 1.165) is 0 Å². The predicted octanol–water partition coefficient (Wildman–Crippen LogP) is 1.46. The first-order chi connectivity index (χ1) is 7.54. The van der Waals surface area contributed by atoms with E-state index in [0.29, 0.717) is 22.6 Å². The van der Waals surface area contributed by atoms with Crippen LogP contribution in [0, 0.1) is 0 Å². The molecule has 0 atom stereocenters. The molecule has 0 spiro atoms. The van der Waals surface area contributed by atoms with Crippen molar-refractivity contribution >= 4 is 30.0 Å². The molecule has 2 aromatic rings. The number of aldehydes is 1. The lowest BCUT2D eigenvalue weighted by Gasteiger charge is -2.09. The van der Waals surface area contributed by atoms with Gasteiger partial charge in [-0.05, 0) is 16.8 Å². The fourth-order valence-electron chi connectivity index (χ4n) is 1.66. The molecular formula is C11H9O4P. The van der Waals surface area contributed by atoms with Gasteiger partial charge in [0.15, 0.2) is 6.29 Å². The Morgan fingerprint density at radius 1 is 1.00 bits per heavy atom. The van der Waals surface area contributed by atoms with Gasteiger partial charge in [-0.3, -0.25) is 9.36 Å². The van der Waals surface area contributed by atoms with E-state index >= 15 is 0 Å². The molecule has 2 N–H and O–H groups in total. The van der Waals surface area contributed by atoms with Gasteiger partial charge in [-0.15, -0.1) is 0 Å². The molecule has 0 amide bonds. The molecule has 0 bridgehead atoms. The van der Waals surface area contributed by atoms with E-state index in [-0.39, 0.29) is 5.30 Å². The van der Waals surface area contributed by atoms with Gasteiger partial charge in [0.05, 0.1) is 5.30 Å². The summed E-state index contributed by atoms with van der Waals surface area (Å²) < 4.78 is 11.3. The maximum absolute atomic E-state index is 11.3. The molecule has 0 radical (unpaired) electrons. The third kappa shape index (κ3) is 1.78. The smallest absolute Gasteiger partial charge is 0.321 e. The van der Waals surface area contributed by atoms with Crippen molar-refractivity contribution < 1.29 is 19.1 Å². The van der Waals surface area contributed by atoms with Crippen LogP contribution in [-0.2, 0) is 4.57 Å². The monoisotopic (exact) mass is 236 g/mol. The minimum absolute atomic E-state index is 0.0475. The molecule has 82 valence electrons. The van der Waals surface area contributed by atoms with Crippen LogP contribution in [-0.4, -0.2) is 16.1 Å². The van der Waals surface area contributed by atoms with E-state index in [9.17, 15) is 19.1 Å². The second-order valence-electron chi connectivity index (χ2n) is 3.38. The normalized spacial score (nSPS) is 11.6. The molecule has 5 heteroatoms. The molecular weight excluding hydrogens is 227 g/mol. The molecule has 0 fully saturated rings. The molecule has 0 aromatic heterocycles. The van der Waals surface area contributed by atoms with E-state index in [1.54, 1.807) is 24.3 Å². The summed E-state index contributed by atoms with van der Waals surface area (Å²) in [5.74, 6) is 0. The third-order valence-corrected chi connectivity index (χ3v) is 3.39. The van der Waals surface area contributed by atoms with E-state index in [1.807, 2.05) is 0 Å². The molecule has 0 saturated heterocycles. The van der Waals surface area contributed by atoms with Gasteiger partial charge < -0.3 is 9.79 Å². The van der Waals surface area contributed by atoms with Crippen molar-refractivity contribution in [3.05, 3.63) is 42.0 Å². The highest BCUT2D eigenvalue weighted by Gasteiger charge is 2.20. The first-order valence-corrected chi connectivity index (χ1v) is 6.18. The zero-order valence-corrected chi connectivity index (χ0v) is 9.09. The SMILES string of the molecule is O=Cc1ccc(P(=O)(O)O)c2ccccc12. The molecule has 2 rings (SSSR count). The van der Waals surface area contributed by atoms with Crippen LogP contribution in [0.2, 0.25) is 0 Å². The average Bonchev–Trinajstić information content (AvgIpc) is 2.26. The summed E-state index contributed by atoms with van der Waals surface area (Å²) in [6.45, 7) is 0. The zero-order valence-electron chi connectivity index (χ0n) is 8.20. The van der Waals surface area contributed by atoms with Gasteiger partial charge in [-0.1, -0.05) is 30.3 Å². The number of rotatable bonds is 2. The molecule has 0 aliphatic carbocycles. The average molecular weight is 236 g/mol. The molecule has 0 unspecified atom stereocenters. The highest BCUT2D eigenvalue weighted by atomic mass is 31.2. The van der Waals surface area contributed by atoms with Gasteiger partial charge >= 0.3 is 7.60 Å². The lowest BCUT2D eigenvalue weighted by Crippen LogP contribution is -2.06.